The summed E-state index contributed by atoms with van der Waals surface area (Å²) in [5, 5.41) is 7.62. The lowest BCUT2D eigenvalue weighted by Crippen LogP contribution is -2.53. The molecule has 3 aromatic rings. The largest absolute Gasteiger partial charge is 0.385 e. The number of imide groups is 1. The SMILES string of the molecule is COCCCN1C(=O)C2C(Cc3c[nH]c4ccccc34)NC3(C(=O)Nc4c(C)cccc43)C2C1=O. The van der Waals surface area contributed by atoms with E-state index in [4.69, 9.17) is 4.74 Å². The molecular weight excluding hydrogens is 444 g/mol. The number of para-hydroxylation sites is 2. The molecule has 8 heteroatoms. The molecule has 180 valence electrons. The number of carbonyl (C=O) groups is 3. The van der Waals surface area contributed by atoms with Crippen molar-refractivity contribution in [1.29, 1.82) is 0 Å². The fourth-order valence-electron chi connectivity index (χ4n) is 6.34. The summed E-state index contributed by atoms with van der Waals surface area (Å²) in [5.74, 6) is -2.18. The van der Waals surface area contributed by atoms with Crippen molar-refractivity contribution in [1.82, 2.24) is 15.2 Å². The standard InChI is InChI=1S/C27H28N4O4/c1-15-7-5-9-18-23(15)29-26(34)27(18)22-21(24(32)31(25(22)33)11-6-12-35-2)20(30-27)13-16-14-28-19-10-4-3-8-17(16)19/h3-5,7-10,14,20-22,28,30H,6,11-13H2,1-2H3,(H,29,34). The van der Waals surface area contributed by atoms with Gasteiger partial charge in [0.15, 0.2) is 0 Å². The lowest BCUT2D eigenvalue weighted by atomic mass is 9.76. The fraction of sp³-hybridized carbons (Fsp3) is 0.370. The van der Waals surface area contributed by atoms with Gasteiger partial charge in [0.25, 0.3) is 0 Å². The normalized spacial score (nSPS) is 27.2. The second-order valence-electron chi connectivity index (χ2n) is 9.75. The smallest absolute Gasteiger partial charge is 0.250 e. The van der Waals surface area contributed by atoms with E-state index in [0.717, 1.165) is 33.3 Å². The molecule has 6 rings (SSSR count). The Labute approximate surface area is 203 Å². The Bertz CT molecular complexity index is 1360. The number of ether oxygens (including phenoxy) is 1. The number of hydrogen-bond donors (Lipinski definition) is 3. The topological polar surface area (TPSA) is 104 Å². The van der Waals surface area contributed by atoms with E-state index >= 15 is 0 Å². The number of aromatic nitrogens is 1. The lowest BCUT2D eigenvalue weighted by molar-refractivity contribution is -0.143. The molecule has 4 heterocycles. The van der Waals surface area contributed by atoms with Crippen molar-refractivity contribution in [2.75, 3.05) is 25.6 Å². The second kappa shape index (κ2) is 8.03. The number of fused-ring (bicyclic) bond motifs is 5. The van der Waals surface area contributed by atoms with Gasteiger partial charge >= 0.3 is 0 Å². The number of aromatic amines is 1. The zero-order valence-corrected chi connectivity index (χ0v) is 19.8. The van der Waals surface area contributed by atoms with Crippen molar-refractivity contribution in [2.24, 2.45) is 11.8 Å². The van der Waals surface area contributed by atoms with Crippen LogP contribution in [0.3, 0.4) is 0 Å². The number of nitrogens with zero attached hydrogens (tertiary/aromatic N) is 1. The van der Waals surface area contributed by atoms with E-state index in [1.54, 1.807) is 7.11 Å². The van der Waals surface area contributed by atoms with Gasteiger partial charge in [-0.3, -0.25) is 24.6 Å². The molecule has 0 bridgehead atoms. The monoisotopic (exact) mass is 472 g/mol. The van der Waals surface area contributed by atoms with Crippen molar-refractivity contribution in [3.63, 3.8) is 0 Å². The van der Waals surface area contributed by atoms with E-state index in [0.29, 0.717) is 19.4 Å². The number of aryl methyl sites for hydroxylation is 1. The molecule has 3 aliphatic heterocycles. The first kappa shape index (κ1) is 22.0. The van der Waals surface area contributed by atoms with Crippen LogP contribution in [-0.2, 0) is 31.1 Å². The number of rotatable bonds is 6. The predicted octanol–water partition coefficient (Wildman–Crippen LogP) is 2.48. The average molecular weight is 473 g/mol. The van der Waals surface area contributed by atoms with Crippen LogP contribution in [0.4, 0.5) is 5.69 Å². The van der Waals surface area contributed by atoms with Crippen LogP contribution < -0.4 is 10.6 Å². The molecule has 1 spiro atoms. The molecule has 35 heavy (non-hydrogen) atoms. The molecule has 0 radical (unpaired) electrons. The van der Waals surface area contributed by atoms with Gasteiger partial charge in [-0.2, -0.15) is 0 Å². The number of likely N-dealkylation sites (tertiary alicyclic amines) is 1. The minimum Gasteiger partial charge on any atom is -0.385 e. The Balaban J connectivity index is 1.45. The lowest BCUT2D eigenvalue weighted by Gasteiger charge is -2.29. The summed E-state index contributed by atoms with van der Waals surface area (Å²) in [6, 6.07) is 13.4. The van der Waals surface area contributed by atoms with Gasteiger partial charge in [0.2, 0.25) is 17.7 Å². The summed E-state index contributed by atoms with van der Waals surface area (Å²) in [6.45, 7) is 2.68. The molecule has 2 aromatic carbocycles. The Morgan fingerprint density at radius 2 is 1.89 bits per heavy atom. The van der Waals surface area contributed by atoms with Crippen LogP contribution >= 0.6 is 0 Å². The van der Waals surface area contributed by atoms with E-state index in [-0.39, 0.29) is 30.3 Å². The molecule has 2 fully saturated rings. The summed E-state index contributed by atoms with van der Waals surface area (Å²) in [5.41, 5.74) is 3.20. The summed E-state index contributed by atoms with van der Waals surface area (Å²) < 4.78 is 5.14. The number of methoxy groups -OCH3 is 1. The average Bonchev–Trinajstić information content (AvgIpc) is 3.56. The van der Waals surface area contributed by atoms with Gasteiger partial charge in [0.05, 0.1) is 11.8 Å². The van der Waals surface area contributed by atoms with Crippen LogP contribution in [0.2, 0.25) is 0 Å². The molecule has 1 aromatic heterocycles. The first-order valence-corrected chi connectivity index (χ1v) is 12.1. The quantitative estimate of drug-likeness (QED) is 0.378. The molecule has 4 atom stereocenters. The number of nitrogens with one attached hydrogen (secondary N) is 3. The van der Waals surface area contributed by atoms with Gasteiger partial charge in [-0.15, -0.1) is 0 Å². The maximum atomic E-state index is 13.8. The number of H-pyrrole nitrogens is 1. The van der Waals surface area contributed by atoms with Crippen LogP contribution in [0.1, 0.15) is 23.1 Å². The van der Waals surface area contributed by atoms with Gasteiger partial charge in [-0.25, -0.2) is 0 Å². The summed E-state index contributed by atoms with van der Waals surface area (Å²) in [4.78, 5) is 45.8. The van der Waals surface area contributed by atoms with Gasteiger partial charge in [0, 0.05) is 54.7 Å². The van der Waals surface area contributed by atoms with E-state index in [1.165, 1.54) is 4.90 Å². The fourth-order valence-corrected chi connectivity index (χ4v) is 6.34. The summed E-state index contributed by atoms with van der Waals surface area (Å²) >= 11 is 0. The zero-order valence-electron chi connectivity index (χ0n) is 19.8. The molecule has 8 nitrogen and oxygen atoms in total. The van der Waals surface area contributed by atoms with Crippen LogP contribution in [-0.4, -0.2) is 53.9 Å². The zero-order chi connectivity index (χ0) is 24.3. The van der Waals surface area contributed by atoms with E-state index in [2.05, 4.69) is 15.6 Å². The number of hydrogen-bond acceptors (Lipinski definition) is 5. The van der Waals surface area contributed by atoms with Crippen molar-refractivity contribution >= 4 is 34.3 Å². The molecule has 3 amide bonds. The van der Waals surface area contributed by atoms with E-state index < -0.39 is 17.4 Å². The Kier molecular flexibility index (Phi) is 5.05. The highest BCUT2D eigenvalue weighted by Gasteiger charge is 2.70. The summed E-state index contributed by atoms with van der Waals surface area (Å²) in [6.07, 6.45) is 3.03. The number of anilines is 1. The molecule has 3 N–H and O–H groups in total. The molecule has 3 aliphatic rings. The van der Waals surface area contributed by atoms with Crippen molar-refractivity contribution in [3.05, 3.63) is 65.4 Å². The van der Waals surface area contributed by atoms with Crippen LogP contribution in [0.25, 0.3) is 10.9 Å². The third-order valence-electron chi connectivity index (χ3n) is 7.89. The third-order valence-corrected chi connectivity index (χ3v) is 7.89. The Morgan fingerprint density at radius 1 is 1.06 bits per heavy atom. The van der Waals surface area contributed by atoms with Crippen molar-refractivity contribution in [3.8, 4) is 0 Å². The molecular formula is C27H28N4O4. The predicted molar refractivity (Wildman–Crippen MR) is 131 cm³/mol. The van der Waals surface area contributed by atoms with E-state index in [9.17, 15) is 14.4 Å². The van der Waals surface area contributed by atoms with Gasteiger partial charge in [0.1, 0.15) is 5.54 Å². The first-order chi connectivity index (χ1) is 17.0. The number of benzene rings is 2. The summed E-state index contributed by atoms with van der Waals surface area (Å²) in [7, 11) is 1.60. The highest BCUT2D eigenvalue weighted by atomic mass is 16.5. The van der Waals surface area contributed by atoms with Crippen LogP contribution in [0, 0.1) is 18.8 Å². The number of amides is 3. The maximum absolute atomic E-state index is 13.8. The highest BCUT2D eigenvalue weighted by Crippen LogP contribution is 2.54. The van der Waals surface area contributed by atoms with Crippen molar-refractivity contribution < 1.29 is 19.1 Å². The van der Waals surface area contributed by atoms with Gasteiger partial charge in [-0.1, -0.05) is 36.4 Å². The molecule has 0 saturated carbocycles. The Hall–Kier alpha value is -3.49. The van der Waals surface area contributed by atoms with Gasteiger partial charge in [-0.05, 0) is 37.0 Å². The molecule has 4 unspecified atom stereocenters. The highest BCUT2D eigenvalue weighted by molar-refractivity contribution is 6.15. The molecule has 0 aliphatic carbocycles. The maximum Gasteiger partial charge on any atom is 0.250 e. The van der Waals surface area contributed by atoms with Crippen LogP contribution in [0.5, 0.6) is 0 Å². The minimum absolute atomic E-state index is 0.209. The van der Waals surface area contributed by atoms with Crippen molar-refractivity contribution in [2.45, 2.75) is 31.3 Å². The molecule has 2 saturated heterocycles. The minimum atomic E-state index is -1.27. The van der Waals surface area contributed by atoms with Crippen LogP contribution in [0.15, 0.2) is 48.7 Å². The number of carbonyl (C=O) groups excluding carboxylic acids is 3. The third kappa shape index (κ3) is 3.03. The van der Waals surface area contributed by atoms with E-state index in [1.807, 2.05) is 55.6 Å². The second-order valence-corrected chi connectivity index (χ2v) is 9.75. The first-order valence-electron chi connectivity index (χ1n) is 12.1. The van der Waals surface area contributed by atoms with Gasteiger partial charge < -0.3 is 15.0 Å². The Morgan fingerprint density at radius 3 is 2.71 bits per heavy atom.